The summed E-state index contributed by atoms with van der Waals surface area (Å²) in [6.45, 7) is 5.63. The van der Waals surface area contributed by atoms with Gasteiger partial charge < -0.3 is 14.3 Å². The number of aryl methyl sites for hydroxylation is 1. The van der Waals surface area contributed by atoms with Gasteiger partial charge in [0.2, 0.25) is 11.8 Å². The number of carbonyl (C=O) groups is 1. The summed E-state index contributed by atoms with van der Waals surface area (Å²) >= 11 is 0. The molecule has 1 aromatic carbocycles. The Morgan fingerprint density at radius 2 is 1.92 bits per heavy atom. The zero-order valence-corrected chi connectivity index (χ0v) is 14.2. The van der Waals surface area contributed by atoms with Crippen molar-refractivity contribution in [2.45, 2.75) is 19.9 Å². The molecule has 0 bridgehead atoms. The molecule has 1 fully saturated rings. The number of H-pyrrole nitrogens is 1. The zero-order valence-electron chi connectivity index (χ0n) is 14.2. The minimum absolute atomic E-state index is 0.0573. The van der Waals surface area contributed by atoms with Gasteiger partial charge in [-0.2, -0.15) is 0 Å². The number of amides is 1. The van der Waals surface area contributed by atoms with E-state index in [1.807, 2.05) is 42.2 Å². The Morgan fingerprint density at radius 1 is 1.16 bits per heavy atom. The van der Waals surface area contributed by atoms with Crippen molar-refractivity contribution in [1.29, 1.82) is 0 Å². The molecule has 2 aromatic heterocycles. The van der Waals surface area contributed by atoms with Crippen LogP contribution in [0.2, 0.25) is 0 Å². The molecule has 0 spiro atoms. The van der Waals surface area contributed by atoms with E-state index in [0.717, 1.165) is 30.4 Å². The SMILES string of the molecule is CCc1nnc(CN2CCN(C(=O)c3cc4ccccc4[nH]3)CC2)o1. The first-order valence-electron chi connectivity index (χ1n) is 8.63. The lowest BCUT2D eigenvalue weighted by molar-refractivity contribution is 0.0613. The van der Waals surface area contributed by atoms with Crippen molar-refractivity contribution in [1.82, 2.24) is 25.0 Å². The molecule has 3 aromatic rings. The number of para-hydroxylation sites is 1. The van der Waals surface area contributed by atoms with Crippen molar-refractivity contribution < 1.29 is 9.21 Å². The third-order valence-corrected chi connectivity index (χ3v) is 4.59. The van der Waals surface area contributed by atoms with Crippen LogP contribution in [-0.2, 0) is 13.0 Å². The van der Waals surface area contributed by atoms with Crippen LogP contribution < -0.4 is 0 Å². The molecule has 4 rings (SSSR count). The number of nitrogens with one attached hydrogen (secondary N) is 1. The van der Waals surface area contributed by atoms with Crippen molar-refractivity contribution in [3.05, 3.63) is 47.8 Å². The molecule has 1 saturated heterocycles. The second-order valence-electron chi connectivity index (χ2n) is 6.28. The first-order chi connectivity index (χ1) is 12.2. The standard InChI is InChI=1S/C18H21N5O2/c1-2-16-20-21-17(25-16)12-22-7-9-23(10-8-22)18(24)15-11-13-5-3-4-6-14(13)19-15/h3-6,11,19H,2,7-10,12H2,1H3. The van der Waals surface area contributed by atoms with Crippen LogP contribution in [0.3, 0.4) is 0 Å². The maximum Gasteiger partial charge on any atom is 0.270 e. The van der Waals surface area contributed by atoms with Gasteiger partial charge in [-0.3, -0.25) is 9.69 Å². The van der Waals surface area contributed by atoms with E-state index >= 15 is 0 Å². The Morgan fingerprint density at radius 3 is 2.64 bits per heavy atom. The molecule has 1 aliphatic rings. The molecule has 7 heteroatoms. The van der Waals surface area contributed by atoms with E-state index in [1.165, 1.54) is 0 Å². The normalized spacial score (nSPS) is 15.8. The van der Waals surface area contributed by atoms with Gasteiger partial charge in [-0.15, -0.1) is 10.2 Å². The van der Waals surface area contributed by atoms with Crippen LogP contribution in [-0.4, -0.2) is 57.1 Å². The summed E-state index contributed by atoms with van der Waals surface area (Å²) in [6.07, 6.45) is 0.750. The first kappa shape index (κ1) is 15.8. The minimum atomic E-state index is 0.0573. The van der Waals surface area contributed by atoms with Gasteiger partial charge in [0.05, 0.1) is 6.54 Å². The van der Waals surface area contributed by atoms with Gasteiger partial charge in [-0.05, 0) is 12.1 Å². The molecule has 0 unspecified atom stereocenters. The monoisotopic (exact) mass is 339 g/mol. The van der Waals surface area contributed by atoms with Crippen LogP contribution in [0.4, 0.5) is 0 Å². The predicted molar refractivity (Wildman–Crippen MR) is 93.2 cm³/mol. The topological polar surface area (TPSA) is 78.3 Å². The average molecular weight is 339 g/mol. The summed E-state index contributed by atoms with van der Waals surface area (Å²) in [5.74, 6) is 1.37. The highest BCUT2D eigenvalue weighted by atomic mass is 16.4. The van der Waals surface area contributed by atoms with Crippen molar-refractivity contribution in [3.8, 4) is 0 Å². The number of hydrogen-bond donors (Lipinski definition) is 1. The number of piperazine rings is 1. The molecule has 0 radical (unpaired) electrons. The number of carbonyl (C=O) groups excluding carboxylic acids is 1. The van der Waals surface area contributed by atoms with Gasteiger partial charge in [-0.25, -0.2) is 0 Å². The van der Waals surface area contributed by atoms with Crippen LogP contribution >= 0.6 is 0 Å². The van der Waals surface area contributed by atoms with Crippen molar-refractivity contribution in [3.63, 3.8) is 0 Å². The lowest BCUT2D eigenvalue weighted by Gasteiger charge is -2.33. The molecule has 1 aliphatic heterocycles. The summed E-state index contributed by atoms with van der Waals surface area (Å²) in [5, 5.41) is 9.12. The van der Waals surface area contributed by atoms with Gasteiger partial charge >= 0.3 is 0 Å². The molecule has 25 heavy (non-hydrogen) atoms. The Hall–Kier alpha value is -2.67. The molecular weight excluding hydrogens is 318 g/mol. The van der Waals surface area contributed by atoms with Crippen LogP contribution in [0.5, 0.6) is 0 Å². The number of aromatic nitrogens is 3. The summed E-state index contributed by atoms with van der Waals surface area (Å²) in [7, 11) is 0. The Kier molecular flexibility index (Phi) is 4.23. The van der Waals surface area contributed by atoms with Gasteiger partial charge in [0.15, 0.2) is 0 Å². The second kappa shape index (κ2) is 6.68. The van der Waals surface area contributed by atoms with Gasteiger partial charge in [0, 0.05) is 43.5 Å². The van der Waals surface area contributed by atoms with Crippen molar-refractivity contribution >= 4 is 16.8 Å². The van der Waals surface area contributed by atoms with E-state index in [-0.39, 0.29) is 5.91 Å². The highest BCUT2D eigenvalue weighted by molar-refractivity contribution is 5.98. The van der Waals surface area contributed by atoms with Crippen LogP contribution in [0.1, 0.15) is 29.2 Å². The maximum absolute atomic E-state index is 12.7. The van der Waals surface area contributed by atoms with Gasteiger partial charge in [0.1, 0.15) is 5.69 Å². The van der Waals surface area contributed by atoms with Gasteiger partial charge in [-0.1, -0.05) is 25.1 Å². The molecule has 130 valence electrons. The highest BCUT2D eigenvalue weighted by Crippen LogP contribution is 2.17. The highest BCUT2D eigenvalue weighted by Gasteiger charge is 2.24. The fourth-order valence-electron chi connectivity index (χ4n) is 3.15. The van der Waals surface area contributed by atoms with E-state index in [9.17, 15) is 4.79 Å². The second-order valence-corrected chi connectivity index (χ2v) is 6.28. The number of hydrogen-bond acceptors (Lipinski definition) is 5. The minimum Gasteiger partial charge on any atom is -0.424 e. The third-order valence-electron chi connectivity index (χ3n) is 4.59. The van der Waals surface area contributed by atoms with Crippen LogP contribution in [0.25, 0.3) is 10.9 Å². The maximum atomic E-state index is 12.7. The molecule has 1 N–H and O–H groups in total. The smallest absolute Gasteiger partial charge is 0.270 e. The molecule has 0 saturated carbocycles. The predicted octanol–water partition coefficient (Wildman–Crippen LogP) is 2.07. The lowest BCUT2D eigenvalue weighted by atomic mass is 10.2. The molecule has 7 nitrogen and oxygen atoms in total. The summed E-state index contributed by atoms with van der Waals surface area (Å²) in [4.78, 5) is 20.1. The summed E-state index contributed by atoms with van der Waals surface area (Å²) in [5.41, 5.74) is 1.65. The number of aromatic amines is 1. The number of rotatable bonds is 4. The van der Waals surface area contributed by atoms with Gasteiger partial charge in [0.25, 0.3) is 5.91 Å². The van der Waals surface area contributed by atoms with Crippen LogP contribution in [0.15, 0.2) is 34.7 Å². The van der Waals surface area contributed by atoms with Crippen LogP contribution in [0, 0.1) is 0 Å². The number of benzene rings is 1. The summed E-state index contributed by atoms with van der Waals surface area (Å²) in [6, 6.07) is 9.86. The van der Waals surface area contributed by atoms with E-state index in [2.05, 4.69) is 20.1 Å². The zero-order chi connectivity index (χ0) is 17.2. The molecule has 0 aliphatic carbocycles. The first-order valence-corrected chi connectivity index (χ1v) is 8.63. The Balaban J connectivity index is 1.36. The number of nitrogens with zero attached hydrogens (tertiary/aromatic N) is 4. The van der Waals surface area contributed by atoms with Crippen molar-refractivity contribution in [2.75, 3.05) is 26.2 Å². The quantitative estimate of drug-likeness (QED) is 0.787. The molecular formula is C18H21N5O2. The van der Waals surface area contributed by atoms with E-state index < -0.39 is 0 Å². The Labute approximate surface area is 145 Å². The third kappa shape index (κ3) is 3.28. The van der Waals surface area contributed by atoms with E-state index in [0.29, 0.717) is 37.1 Å². The summed E-state index contributed by atoms with van der Waals surface area (Å²) < 4.78 is 5.56. The van der Waals surface area contributed by atoms with E-state index in [4.69, 9.17) is 4.42 Å². The Bertz CT molecular complexity index is 843. The van der Waals surface area contributed by atoms with Crippen molar-refractivity contribution in [2.24, 2.45) is 0 Å². The lowest BCUT2D eigenvalue weighted by Crippen LogP contribution is -2.48. The molecule has 3 heterocycles. The number of fused-ring (bicyclic) bond motifs is 1. The average Bonchev–Trinajstić information content (AvgIpc) is 3.28. The fourth-order valence-corrected chi connectivity index (χ4v) is 3.15. The molecule has 0 atom stereocenters. The largest absolute Gasteiger partial charge is 0.424 e. The fraction of sp³-hybridized carbons (Fsp3) is 0.389. The molecule has 1 amide bonds. The van der Waals surface area contributed by atoms with E-state index in [1.54, 1.807) is 0 Å².